The summed E-state index contributed by atoms with van der Waals surface area (Å²) in [6, 6.07) is 5.83. The fourth-order valence-corrected chi connectivity index (χ4v) is 2.57. The highest BCUT2D eigenvalue weighted by molar-refractivity contribution is 7.11. The summed E-state index contributed by atoms with van der Waals surface area (Å²) < 4.78 is 0. The van der Waals surface area contributed by atoms with Gasteiger partial charge in [0.05, 0.1) is 11.6 Å². The second-order valence-corrected chi connectivity index (χ2v) is 5.49. The molecule has 0 amide bonds. The molecule has 2 aromatic heterocycles. The summed E-state index contributed by atoms with van der Waals surface area (Å²) >= 11 is 1.69. The summed E-state index contributed by atoms with van der Waals surface area (Å²) in [7, 11) is 0. The van der Waals surface area contributed by atoms with Crippen LogP contribution in [0.4, 0.5) is 5.82 Å². The first kappa shape index (κ1) is 13.5. The highest BCUT2D eigenvalue weighted by Gasteiger charge is 2.13. The molecule has 0 aliphatic rings. The SMILES string of the molecule is CCc1cnc(C(C)Nc2nc(C)ccc2C#N)s1. The zero-order valence-corrected chi connectivity index (χ0v) is 12.1. The quantitative estimate of drug-likeness (QED) is 0.926. The van der Waals surface area contributed by atoms with Crippen LogP contribution in [0.15, 0.2) is 18.3 Å². The van der Waals surface area contributed by atoms with Gasteiger partial charge in [0, 0.05) is 16.8 Å². The maximum atomic E-state index is 9.09. The zero-order chi connectivity index (χ0) is 13.8. The van der Waals surface area contributed by atoms with Gasteiger partial charge in [-0.15, -0.1) is 11.3 Å². The van der Waals surface area contributed by atoms with Crippen LogP contribution in [0.2, 0.25) is 0 Å². The number of hydrogen-bond acceptors (Lipinski definition) is 5. The van der Waals surface area contributed by atoms with Crippen LogP contribution >= 0.6 is 11.3 Å². The van der Waals surface area contributed by atoms with Crippen LogP contribution in [0.3, 0.4) is 0 Å². The molecule has 2 rings (SSSR count). The van der Waals surface area contributed by atoms with Crippen LogP contribution in [0.25, 0.3) is 0 Å². The van der Waals surface area contributed by atoms with E-state index in [9.17, 15) is 0 Å². The number of rotatable bonds is 4. The van der Waals surface area contributed by atoms with Gasteiger partial charge in [0.15, 0.2) is 0 Å². The number of aromatic nitrogens is 2. The van der Waals surface area contributed by atoms with Gasteiger partial charge in [0.25, 0.3) is 0 Å². The summed E-state index contributed by atoms with van der Waals surface area (Å²) in [6.07, 6.45) is 2.91. The van der Waals surface area contributed by atoms with Crippen LogP contribution in [-0.4, -0.2) is 9.97 Å². The predicted octanol–water partition coefficient (Wildman–Crippen LogP) is 3.45. The molecule has 0 saturated heterocycles. The molecule has 0 radical (unpaired) electrons. The molecule has 0 fully saturated rings. The van der Waals surface area contributed by atoms with E-state index in [0.717, 1.165) is 17.1 Å². The Morgan fingerprint density at radius 1 is 1.47 bits per heavy atom. The molecule has 0 aromatic carbocycles. The summed E-state index contributed by atoms with van der Waals surface area (Å²) in [5.74, 6) is 0.628. The average Bonchev–Trinajstić information content (AvgIpc) is 2.88. The Balaban J connectivity index is 2.21. The average molecular weight is 272 g/mol. The van der Waals surface area contributed by atoms with E-state index in [1.54, 1.807) is 17.4 Å². The monoisotopic (exact) mass is 272 g/mol. The van der Waals surface area contributed by atoms with Crippen LogP contribution < -0.4 is 5.32 Å². The lowest BCUT2D eigenvalue weighted by Crippen LogP contribution is -2.09. The molecule has 4 nitrogen and oxygen atoms in total. The van der Waals surface area contributed by atoms with Gasteiger partial charge >= 0.3 is 0 Å². The van der Waals surface area contributed by atoms with Gasteiger partial charge in [0.2, 0.25) is 0 Å². The van der Waals surface area contributed by atoms with E-state index < -0.39 is 0 Å². The van der Waals surface area contributed by atoms with E-state index >= 15 is 0 Å². The highest BCUT2D eigenvalue weighted by Crippen LogP contribution is 2.24. The smallest absolute Gasteiger partial charge is 0.144 e. The van der Waals surface area contributed by atoms with E-state index in [0.29, 0.717) is 11.4 Å². The van der Waals surface area contributed by atoms with Gasteiger partial charge in [-0.2, -0.15) is 5.26 Å². The van der Waals surface area contributed by atoms with Crippen molar-refractivity contribution < 1.29 is 0 Å². The van der Waals surface area contributed by atoms with Crippen LogP contribution in [0.5, 0.6) is 0 Å². The Labute approximate surface area is 117 Å². The summed E-state index contributed by atoms with van der Waals surface area (Å²) in [5.41, 5.74) is 1.45. The van der Waals surface area contributed by atoms with Gasteiger partial charge in [-0.25, -0.2) is 9.97 Å². The molecule has 0 saturated carbocycles. The van der Waals surface area contributed by atoms with Gasteiger partial charge in [-0.1, -0.05) is 6.92 Å². The Kier molecular flexibility index (Phi) is 4.13. The second-order valence-electron chi connectivity index (χ2n) is 4.34. The molecule has 0 spiro atoms. The third kappa shape index (κ3) is 3.09. The Morgan fingerprint density at radius 2 is 2.26 bits per heavy atom. The topological polar surface area (TPSA) is 61.6 Å². The fraction of sp³-hybridized carbons (Fsp3) is 0.357. The van der Waals surface area contributed by atoms with Gasteiger partial charge in [0.1, 0.15) is 16.9 Å². The van der Waals surface area contributed by atoms with Crippen molar-refractivity contribution in [3.05, 3.63) is 39.5 Å². The van der Waals surface area contributed by atoms with E-state index in [1.165, 1.54) is 4.88 Å². The number of anilines is 1. The van der Waals surface area contributed by atoms with Gasteiger partial charge < -0.3 is 5.32 Å². The third-order valence-electron chi connectivity index (χ3n) is 2.80. The maximum Gasteiger partial charge on any atom is 0.144 e. The van der Waals surface area contributed by atoms with Gasteiger partial charge in [-0.3, -0.25) is 0 Å². The fourth-order valence-electron chi connectivity index (χ4n) is 1.71. The van der Waals surface area contributed by atoms with Crippen molar-refractivity contribution in [2.75, 3.05) is 5.32 Å². The van der Waals surface area contributed by atoms with Crippen molar-refractivity contribution in [2.45, 2.75) is 33.2 Å². The minimum Gasteiger partial charge on any atom is -0.360 e. The van der Waals surface area contributed by atoms with Crippen molar-refractivity contribution in [2.24, 2.45) is 0 Å². The number of hydrogen-bond donors (Lipinski definition) is 1. The number of pyridine rings is 1. The lowest BCUT2D eigenvalue weighted by Gasteiger charge is -2.13. The van der Waals surface area contributed by atoms with Crippen LogP contribution in [0, 0.1) is 18.3 Å². The number of aryl methyl sites for hydroxylation is 2. The number of thiazole rings is 1. The van der Waals surface area contributed by atoms with Crippen molar-refractivity contribution in [3.8, 4) is 6.07 Å². The van der Waals surface area contributed by atoms with E-state index in [-0.39, 0.29) is 6.04 Å². The minimum absolute atomic E-state index is 0.0479. The largest absolute Gasteiger partial charge is 0.360 e. The number of nitrogens with zero attached hydrogens (tertiary/aromatic N) is 3. The highest BCUT2D eigenvalue weighted by atomic mass is 32.1. The molecule has 98 valence electrons. The lowest BCUT2D eigenvalue weighted by molar-refractivity contribution is 0.857. The Hall–Kier alpha value is -1.93. The predicted molar refractivity (Wildman–Crippen MR) is 77.2 cm³/mol. The maximum absolute atomic E-state index is 9.09. The van der Waals surface area contributed by atoms with Gasteiger partial charge in [-0.05, 0) is 32.4 Å². The Morgan fingerprint density at radius 3 is 2.89 bits per heavy atom. The number of nitriles is 1. The molecule has 1 N–H and O–H groups in total. The molecule has 1 atom stereocenters. The number of nitrogens with one attached hydrogen (secondary N) is 1. The lowest BCUT2D eigenvalue weighted by atomic mass is 10.2. The first-order valence-corrected chi connectivity index (χ1v) is 7.04. The molecular weight excluding hydrogens is 256 g/mol. The second kappa shape index (κ2) is 5.81. The Bertz CT molecular complexity index is 612. The summed E-state index contributed by atoms with van der Waals surface area (Å²) in [6.45, 7) is 6.06. The molecule has 2 heterocycles. The van der Waals surface area contributed by atoms with Crippen molar-refractivity contribution in [3.63, 3.8) is 0 Å². The van der Waals surface area contributed by atoms with Crippen molar-refractivity contribution in [1.82, 2.24) is 9.97 Å². The summed E-state index contributed by atoms with van der Waals surface area (Å²) in [4.78, 5) is 10.1. The zero-order valence-electron chi connectivity index (χ0n) is 11.3. The van der Waals surface area contributed by atoms with Crippen LogP contribution in [-0.2, 0) is 6.42 Å². The molecule has 0 bridgehead atoms. The standard InChI is InChI=1S/C14H16N4S/c1-4-12-8-16-14(19-12)10(3)18-13-11(7-15)6-5-9(2)17-13/h5-6,8,10H,4H2,1-3H3,(H,17,18). The van der Waals surface area contributed by atoms with Crippen LogP contribution in [0.1, 0.15) is 41.0 Å². The molecule has 2 aromatic rings. The first-order chi connectivity index (χ1) is 9.13. The first-order valence-electron chi connectivity index (χ1n) is 6.23. The molecule has 5 heteroatoms. The molecule has 19 heavy (non-hydrogen) atoms. The normalized spacial score (nSPS) is 11.9. The molecule has 0 aliphatic carbocycles. The van der Waals surface area contributed by atoms with Crippen molar-refractivity contribution >= 4 is 17.2 Å². The minimum atomic E-state index is 0.0479. The molecule has 0 aliphatic heterocycles. The van der Waals surface area contributed by atoms with E-state index in [2.05, 4.69) is 28.3 Å². The van der Waals surface area contributed by atoms with E-state index in [4.69, 9.17) is 5.26 Å². The van der Waals surface area contributed by atoms with E-state index in [1.807, 2.05) is 26.1 Å². The third-order valence-corrected chi connectivity index (χ3v) is 4.12. The molecular formula is C14H16N4S. The molecule has 1 unspecified atom stereocenters. The summed E-state index contributed by atoms with van der Waals surface area (Å²) in [5, 5.41) is 13.4. The van der Waals surface area contributed by atoms with Crippen molar-refractivity contribution in [1.29, 1.82) is 5.26 Å².